The first-order valence-corrected chi connectivity index (χ1v) is 5.06. The van der Waals surface area contributed by atoms with Crippen molar-refractivity contribution in [3.05, 3.63) is 0 Å². The molecule has 0 bridgehead atoms. The molecule has 82 valence electrons. The van der Waals surface area contributed by atoms with Gasteiger partial charge in [0.05, 0.1) is 11.5 Å². The highest BCUT2D eigenvalue weighted by Crippen LogP contribution is 2.34. The fourth-order valence-corrected chi connectivity index (χ4v) is 2.36. The highest BCUT2D eigenvalue weighted by Gasteiger charge is 2.47. The molecule has 0 aromatic carbocycles. The van der Waals surface area contributed by atoms with Crippen LogP contribution in [0.15, 0.2) is 0 Å². The molecule has 0 aliphatic carbocycles. The average Bonchev–Trinajstić information content (AvgIpc) is 2.26. The second kappa shape index (κ2) is 3.87. The summed E-state index contributed by atoms with van der Waals surface area (Å²) in [6, 6.07) is 0.258. The number of carboxylic acid groups (broad SMARTS) is 1. The van der Waals surface area contributed by atoms with Crippen molar-refractivity contribution in [2.75, 3.05) is 13.6 Å². The van der Waals surface area contributed by atoms with Crippen LogP contribution in [0.25, 0.3) is 0 Å². The molecule has 1 aliphatic heterocycles. The zero-order valence-corrected chi connectivity index (χ0v) is 9.03. The molecule has 2 N–H and O–H groups in total. The van der Waals surface area contributed by atoms with Crippen LogP contribution < -0.4 is 0 Å². The Morgan fingerprint density at radius 1 is 1.71 bits per heavy atom. The van der Waals surface area contributed by atoms with Gasteiger partial charge in [0.25, 0.3) is 0 Å². The summed E-state index contributed by atoms with van der Waals surface area (Å²) in [6.07, 6.45) is 1.03. The number of hydrogen-bond donors (Lipinski definition) is 2. The van der Waals surface area contributed by atoms with E-state index < -0.39 is 17.5 Å². The van der Waals surface area contributed by atoms with E-state index in [1.807, 2.05) is 18.9 Å². The Kier molecular flexibility index (Phi) is 3.17. The average molecular weight is 201 g/mol. The molecule has 4 nitrogen and oxygen atoms in total. The number of likely N-dealkylation sites (N-methyl/N-ethyl adjacent to an activating group) is 1. The molecule has 1 saturated heterocycles. The van der Waals surface area contributed by atoms with Crippen LogP contribution >= 0.6 is 0 Å². The summed E-state index contributed by atoms with van der Waals surface area (Å²) in [7, 11) is 1.91. The lowest BCUT2D eigenvalue weighted by atomic mass is 9.83. The summed E-state index contributed by atoms with van der Waals surface area (Å²) in [5.41, 5.74) is -1.05. The third-order valence-corrected chi connectivity index (χ3v) is 3.28. The van der Waals surface area contributed by atoms with Gasteiger partial charge in [0.15, 0.2) is 0 Å². The van der Waals surface area contributed by atoms with Crippen molar-refractivity contribution < 1.29 is 15.0 Å². The van der Waals surface area contributed by atoms with Gasteiger partial charge in [-0.3, -0.25) is 4.79 Å². The SMILES string of the molecule is CCC(C(=O)O)C1(O)CC(C)N(C)C1. The molecular formula is C10H19NO3. The number of likely N-dealkylation sites (tertiary alicyclic amines) is 1. The molecule has 14 heavy (non-hydrogen) atoms. The van der Waals surface area contributed by atoms with E-state index in [1.165, 1.54) is 0 Å². The Morgan fingerprint density at radius 2 is 2.29 bits per heavy atom. The third kappa shape index (κ3) is 1.91. The Labute approximate surface area is 84.5 Å². The first-order valence-electron chi connectivity index (χ1n) is 5.06. The van der Waals surface area contributed by atoms with Crippen molar-refractivity contribution in [2.45, 2.75) is 38.3 Å². The lowest BCUT2D eigenvalue weighted by Crippen LogP contribution is -2.44. The summed E-state index contributed by atoms with van der Waals surface area (Å²) in [5, 5.41) is 19.2. The molecule has 1 heterocycles. The van der Waals surface area contributed by atoms with Crippen LogP contribution in [-0.4, -0.2) is 46.3 Å². The molecule has 3 atom stereocenters. The Balaban J connectivity index is 2.79. The van der Waals surface area contributed by atoms with E-state index in [0.29, 0.717) is 19.4 Å². The van der Waals surface area contributed by atoms with Crippen LogP contribution in [0.4, 0.5) is 0 Å². The lowest BCUT2D eigenvalue weighted by Gasteiger charge is -2.28. The lowest BCUT2D eigenvalue weighted by molar-refractivity contribution is -0.151. The van der Waals surface area contributed by atoms with Gasteiger partial charge < -0.3 is 15.1 Å². The highest BCUT2D eigenvalue weighted by molar-refractivity contribution is 5.71. The standard InChI is InChI=1S/C10H19NO3/c1-4-8(9(12)13)10(14)5-7(2)11(3)6-10/h7-8,14H,4-6H2,1-3H3,(H,12,13). The second-order valence-corrected chi connectivity index (χ2v) is 4.37. The topological polar surface area (TPSA) is 60.8 Å². The van der Waals surface area contributed by atoms with E-state index in [0.717, 1.165) is 0 Å². The van der Waals surface area contributed by atoms with E-state index >= 15 is 0 Å². The molecule has 4 heteroatoms. The van der Waals surface area contributed by atoms with E-state index in [9.17, 15) is 9.90 Å². The van der Waals surface area contributed by atoms with Crippen LogP contribution in [0.5, 0.6) is 0 Å². The number of aliphatic hydroxyl groups is 1. The summed E-state index contributed by atoms with van der Waals surface area (Å²) in [4.78, 5) is 13.0. The number of carbonyl (C=O) groups is 1. The van der Waals surface area contributed by atoms with Gasteiger partial charge in [-0.05, 0) is 26.8 Å². The van der Waals surface area contributed by atoms with Gasteiger partial charge >= 0.3 is 5.97 Å². The van der Waals surface area contributed by atoms with Crippen molar-refractivity contribution in [1.82, 2.24) is 4.90 Å². The van der Waals surface area contributed by atoms with Gasteiger partial charge in [-0.15, -0.1) is 0 Å². The molecular weight excluding hydrogens is 182 g/mol. The second-order valence-electron chi connectivity index (χ2n) is 4.37. The fourth-order valence-electron chi connectivity index (χ4n) is 2.36. The molecule has 1 aliphatic rings. The smallest absolute Gasteiger partial charge is 0.309 e. The molecule has 3 unspecified atom stereocenters. The molecule has 0 aromatic heterocycles. The van der Waals surface area contributed by atoms with Gasteiger partial charge in [-0.25, -0.2) is 0 Å². The van der Waals surface area contributed by atoms with Gasteiger partial charge in [-0.2, -0.15) is 0 Å². The van der Waals surface area contributed by atoms with Crippen LogP contribution in [-0.2, 0) is 4.79 Å². The third-order valence-electron chi connectivity index (χ3n) is 3.28. The molecule has 0 amide bonds. The van der Waals surface area contributed by atoms with Crippen LogP contribution in [0, 0.1) is 5.92 Å². The van der Waals surface area contributed by atoms with Crippen molar-refractivity contribution in [1.29, 1.82) is 0 Å². The molecule has 1 fully saturated rings. The zero-order chi connectivity index (χ0) is 10.9. The summed E-state index contributed by atoms with van der Waals surface area (Å²) in [5.74, 6) is -1.53. The summed E-state index contributed by atoms with van der Waals surface area (Å²) >= 11 is 0. The Hall–Kier alpha value is -0.610. The maximum absolute atomic E-state index is 11.0. The number of β-amino-alcohol motifs (C(OH)–C–C–N with tert-alkyl or cyclic N) is 1. The van der Waals surface area contributed by atoms with Crippen LogP contribution in [0.1, 0.15) is 26.7 Å². The first-order chi connectivity index (χ1) is 6.40. The Bertz CT molecular complexity index is 219. The number of hydrogen-bond acceptors (Lipinski definition) is 3. The minimum absolute atomic E-state index is 0.258. The summed E-state index contributed by atoms with van der Waals surface area (Å²) < 4.78 is 0. The van der Waals surface area contributed by atoms with E-state index in [-0.39, 0.29) is 6.04 Å². The maximum Gasteiger partial charge on any atom is 0.309 e. The molecule has 0 radical (unpaired) electrons. The minimum Gasteiger partial charge on any atom is -0.481 e. The number of nitrogens with zero attached hydrogens (tertiary/aromatic N) is 1. The first kappa shape index (κ1) is 11.5. The van der Waals surface area contributed by atoms with E-state index in [4.69, 9.17) is 5.11 Å². The normalized spacial score (nSPS) is 35.9. The number of carboxylic acids is 1. The fraction of sp³-hybridized carbons (Fsp3) is 0.900. The minimum atomic E-state index is -1.05. The molecule has 0 saturated carbocycles. The van der Waals surface area contributed by atoms with Crippen LogP contribution in [0.2, 0.25) is 0 Å². The largest absolute Gasteiger partial charge is 0.481 e. The summed E-state index contributed by atoms with van der Waals surface area (Å²) in [6.45, 7) is 4.27. The molecule has 0 aromatic rings. The van der Waals surface area contributed by atoms with E-state index in [2.05, 4.69) is 0 Å². The van der Waals surface area contributed by atoms with Crippen LogP contribution in [0.3, 0.4) is 0 Å². The Morgan fingerprint density at radius 3 is 2.57 bits per heavy atom. The predicted molar refractivity (Wildman–Crippen MR) is 53.1 cm³/mol. The van der Waals surface area contributed by atoms with Gasteiger partial charge in [0.2, 0.25) is 0 Å². The van der Waals surface area contributed by atoms with Crippen molar-refractivity contribution in [3.63, 3.8) is 0 Å². The van der Waals surface area contributed by atoms with E-state index in [1.54, 1.807) is 6.92 Å². The van der Waals surface area contributed by atoms with Crippen molar-refractivity contribution in [3.8, 4) is 0 Å². The maximum atomic E-state index is 11.0. The predicted octanol–water partition coefficient (Wildman–Crippen LogP) is 0.552. The molecule has 1 rings (SSSR count). The van der Waals surface area contributed by atoms with Crippen molar-refractivity contribution in [2.24, 2.45) is 5.92 Å². The van der Waals surface area contributed by atoms with Gasteiger partial charge in [0, 0.05) is 12.6 Å². The molecule has 0 spiro atoms. The van der Waals surface area contributed by atoms with Crippen molar-refractivity contribution >= 4 is 5.97 Å². The number of aliphatic carboxylic acids is 1. The zero-order valence-electron chi connectivity index (χ0n) is 9.03. The highest BCUT2D eigenvalue weighted by atomic mass is 16.4. The quantitative estimate of drug-likeness (QED) is 0.700. The van der Waals surface area contributed by atoms with Gasteiger partial charge in [0.1, 0.15) is 0 Å². The van der Waals surface area contributed by atoms with Gasteiger partial charge in [-0.1, -0.05) is 6.92 Å². The number of rotatable bonds is 3. The monoisotopic (exact) mass is 201 g/mol.